The van der Waals surface area contributed by atoms with Gasteiger partial charge in [-0.15, -0.1) is 0 Å². The standard InChI is InChI=1S/C11H20N2O7S/c1-2-20-11(17)8-4-3-7-13(8)21(18,19)12-6-5-9(14)10(15)16/h8-9,12,14H,2-7H2,1H3,(H,15,16)/t8?,9-/m0/s1. The van der Waals surface area contributed by atoms with E-state index in [1.54, 1.807) is 6.92 Å². The fourth-order valence-corrected chi connectivity index (χ4v) is 3.47. The monoisotopic (exact) mass is 324 g/mol. The van der Waals surface area contributed by atoms with Crippen molar-refractivity contribution in [3.05, 3.63) is 0 Å². The summed E-state index contributed by atoms with van der Waals surface area (Å²) in [7, 11) is -3.92. The Kier molecular flexibility index (Phi) is 6.52. The van der Waals surface area contributed by atoms with Crippen LogP contribution in [-0.4, -0.2) is 66.7 Å². The first-order valence-electron chi connectivity index (χ1n) is 6.63. The van der Waals surface area contributed by atoms with Gasteiger partial charge in [0.25, 0.3) is 10.2 Å². The van der Waals surface area contributed by atoms with Crippen LogP contribution in [0.25, 0.3) is 0 Å². The third-order valence-corrected chi connectivity index (χ3v) is 4.68. The van der Waals surface area contributed by atoms with Gasteiger partial charge in [0.05, 0.1) is 6.61 Å². The van der Waals surface area contributed by atoms with Crippen LogP contribution in [0.4, 0.5) is 0 Å². The lowest BCUT2D eigenvalue weighted by Gasteiger charge is -2.22. The molecule has 1 heterocycles. The molecule has 1 saturated heterocycles. The highest BCUT2D eigenvalue weighted by molar-refractivity contribution is 7.87. The van der Waals surface area contributed by atoms with Gasteiger partial charge in [0, 0.05) is 13.1 Å². The fraction of sp³-hybridized carbons (Fsp3) is 0.818. The van der Waals surface area contributed by atoms with Gasteiger partial charge in [0.15, 0.2) is 6.10 Å². The second-order valence-electron chi connectivity index (χ2n) is 4.56. The number of nitrogens with one attached hydrogen (secondary N) is 1. The molecular formula is C11H20N2O7S. The van der Waals surface area contributed by atoms with Gasteiger partial charge in [0.2, 0.25) is 0 Å². The number of hydrogen-bond acceptors (Lipinski definition) is 6. The second-order valence-corrected chi connectivity index (χ2v) is 6.27. The minimum absolute atomic E-state index is 0.168. The van der Waals surface area contributed by atoms with Gasteiger partial charge in [-0.05, 0) is 26.2 Å². The number of carbonyl (C=O) groups excluding carboxylic acids is 1. The zero-order valence-corrected chi connectivity index (χ0v) is 12.5. The van der Waals surface area contributed by atoms with Crippen LogP contribution in [0.5, 0.6) is 0 Å². The maximum Gasteiger partial charge on any atom is 0.332 e. The molecule has 1 unspecified atom stereocenters. The van der Waals surface area contributed by atoms with E-state index in [2.05, 4.69) is 4.72 Å². The molecule has 1 fully saturated rings. The summed E-state index contributed by atoms with van der Waals surface area (Å²) in [4.78, 5) is 22.1. The molecule has 3 N–H and O–H groups in total. The van der Waals surface area contributed by atoms with E-state index in [1.165, 1.54) is 0 Å². The average molecular weight is 324 g/mol. The molecule has 0 saturated carbocycles. The molecule has 0 aromatic carbocycles. The second kappa shape index (κ2) is 7.69. The predicted molar refractivity (Wildman–Crippen MR) is 71.5 cm³/mol. The largest absolute Gasteiger partial charge is 0.479 e. The van der Waals surface area contributed by atoms with Crippen molar-refractivity contribution < 1.29 is 33.0 Å². The number of esters is 1. The van der Waals surface area contributed by atoms with Crippen molar-refractivity contribution in [1.82, 2.24) is 9.03 Å². The maximum atomic E-state index is 12.1. The minimum Gasteiger partial charge on any atom is -0.479 e. The molecule has 0 aromatic rings. The molecular weight excluding hydrogens is 304 g/mol. The van der Waals surface area contributed by atoms with E-state index in [9.17, 15) is 18.0 Å². The quantitative estimate of drug-likeness (QED) is 0.472. The van der Waals surface area contributed by atoms with Crippen molar-refractivity contribution in [1.29, 1.82) is 0 Å². The van der Waals surface area contributed by atoms with Crippen molar-refractivity contribution in [2.75, 3.05) is 19.7 Å². The minimum atomic E-state index is -3.92. The summed E-state index contributed by atoms with van der Waals surface area (Å²) in [5, 5.41) is 17.6. The van der Waals surface area contributed by atoms with Crippen molar-refractivity contribution in [3.8, 4) is 0 Å². The first-order valence-corrected chi connectivity index (χ1v) is 8.07. The van der Waals surface area contributed by atoms with E-state index in [1.807, 2.05) is 0 Å². The van der Waals surface area contributed by atoms with Crippen LogP contribution in [0.2, 0.25) is 0 Å². The summed E-state index contributed by atoms with van der Waals surface area (Å²) < 4.78 is 32.2. The van der Waals surface area contributed by atoms with Gasteiger partial charge in [-0.2, -0.15) is 12.7 Å². The molecule has 1 aliphatic rings. The van der Waals surface area contributed by atoms with Crippen LogP contribution in [0.3, 0.4) is 0 Å². The van der Waals surface area contributed by atoms with Crippen LogP contribution < -0.4 is 4.72 Å². The molecule has 10 heteroatoms. The smallest absolute Gasteiger partial charge is 0.332 e. The van der Waals surface area contributed by atoms with Gasteiger partial charge in [-0.1, -0.05) is 0 Å². The molecule has 1 rings (SSSR count). The Morgan fingerprint density at radius 3 is 2.71 bits per heavy atom. The van der Waals surface area contributed by atoms with Gasteiger partial charge >= 0.3 is 11.9 Å². The summed E-state index contributed by atoms with van der Waals surface area (Å²) in [6.45, 7) is 1.76. The average Bonchev–Trinajstić information content (AvgIpc) is 2.88. The molecule has 9 nitrogen and oxygen atoms in total. The fourth-order valence-electron chi connectivity index (χ4n) is 2.03. The third-order valence-electron chi connectivity index (χ3n) is 3.06. The number of carboxylic acid groups (broad SMARTS) is 1. The van der Waals surface area contributed by atoms with Gasteiger partial charge in [-0.3, -0.25) is 4.79 Å². The van der Waals surface area contributed by atoms with E-state index in [0.29, 0.717) is 12.8 Å². The summed E-state index contributed by atoms with van der Waals surface area (Å²) in [5.41, 5.74) is 0. The van der Waals surface area contributed by atoms with Crippen LogP contribution >= 0.6 is 0 Å². The molecule has 0 aromatic heterocycles. The number of aliphatic carboxylic acids is 1. The van der Waals surface area contributed by atoms with Crippen molar-refractivity contribution in [2.24, 2.45) is 0 Å². The van der Waals surface area contributed by atoms with E-state index < -0.39 is 34.3 Å². The SMILES string of the molecule is CCOC(=O)C1CCCN1S(=O)(=O)NCC[C@H](O)C(=O)O. The highest BCUT2D eigenvalue weighted by atomic mass is 32.2. The zero-order valence-electron chi connectivity index (χ0n) is 11.7. The number of rotatable bonds is 8. The molecule has 21 heavy (non-hydrogen) atoms. The topological polar surface area (TPSA) is 133 Å². The highest BCUT2D eigenvalue weighted by Gasteiger charge is 2.39. The Bertz CT molecular complexity index is 479. The van der Waals surface area contributed by atoms with Gasteiger partial charge in [0.1, 0.15) is 6.04 Å². The lowest BCUT2D eigenvalue weighted by molar-refractivity contribution is -0.147. The number of hydrogen-bond donors (Lipinski definition) is 3. The number of carbonyl (C=O) groups is 2. The number of aliphatic hydroxyl groups is 1. The van der Waals surface area contributed by atoms with E-state index in [4.69, 9.17) is 14.9 Å². The molecule has 0 spiro atoms. The van der Waals surface area contributed by atoms with Crippen LogP contribution in [0.15, 0.2) is 0 Å². The third kappa shape index (κ3) is 4.92. The first-order chi connectivity index (χ1) is 9.79. The summed E-state index contributed by atoms with van der Waals surface area (Å²) in [5.74, 6) is -2.01. The number of ether oxygens (including phenoxy) is 1. The van der Waals surface area contributed by atoms with Crippen LogP contribution in [0, 0.1) is 0 Å². The molecule has 122 valence electrons. The molecule has 0 aliphatic carbocycles. The Labute approximate surface area is 123 Å². The van der Waals surface area contributed by atoms with Crippen LogP contribution in [0.1, 0.15) is 26.2 Å². The summed E-state index contributed by atoms with van der Waals surface area (Å²) in [6.07, 6.45) is -0.960. The molecule has 0 amide bonds. The lowest BCUT2D eigenvalue weighted by Crippen LogP contribution is -2.47. The zero-order chi connectivity index (χ0) is 16.0. The van der Waals surface area contributed by atoms with E-state index in [0.717, 1.165) is 4.31 Å². The maximum absolute atomic E-state index is 12.1. The summed E-state index contributed by atoms with van der Waals surface area (Å²) in [6, 6.07) is -0.855. The van der Waals surface area contributed by atoms with E-state index in [-0.39, 0.29) is 26.1 Å². The molecule has 1 aliphatic heterocycles. The molecule has 2 atom stereocenters. The van der Waals surface area contributed by atoms with Gasteiger partial charge < -0.3 is 14.9 Å². The van der Waals surface area contributed by atoms with Crippen molar-refractivity contribution in [3.63, 3.8) is 0 Å². The Morgan fingerprint density at radius 1 is 1.48 bits per heavy atom. The number of carboxylic acids is 1. The van der Waals surface area contributed by atoms with Crippen molar-refractivity contribution in [2.45, 2.75) is 38.3 Å². The first kappa shape index (κ1) is 17.8. The van der Waals surface area contributed by atoms with Crippen molar-refractivity contribution >= 4 is 22.1 Å². The van der Waals surface area contributed by atoms with Crippen LogP contribution in [-0.2, 0) is 24.5 Å². The predicted octanol–water partition coefficient (Wildman–Crippen LogP) is -1.32. The number of nitrogens with zero attached hydrogens (tertiary/aromatic N) is 1. The normalized spacial score (nSPS) is 21.1. The molecule has 0 radical (unpaired) electrons. The Hall–Kier alpha value is -1.23. The van der Waals surface area contributed by atoms with E-state index >= 15 is 0 Å². The summed E-state index contributed by atoms with van der Waals surface area (Å²) >= 11 is 0. The highest BCUT2D eigenvalue weighted by Crippen LogP contribution is 2.21. The lowest BCUT2D eigenvalue weighted by atomic mass is 10.2. The molecule has 0 bridgehead atoms. The Balaban J connectivity index is 2.60. The Morgan fingerprint density at radius 2 is 2.14 bits per heavy atom. The number of aliphatic hydroxyl groups excluding tert-OH is 1. The van der Waals surface area contributed by atoms with Gasteiger partial charge in [-0.25, -0.2) is 9.52 Å².